The number of hydrogen-bond donors (Lipinski definition) is 1. The maximum absolute atomic E-state index is 14.5. The van der Waals surface area contributed by atoms with E-state index in [1.54, 1.807) is 39.0 Å². The van der Waals surface area contributed by atoms with Crippen LogP contribution < -0.4 is 19.1 Å². The van der Waals surface area contributed by atoms with E-state index in [1.807, 2.05) is 6.92 Å². The minimum absolute atomic E-state index is 0.0137. The monoisotopic (exact) mass is 643 g/mol. The van der Waals surface area contributed by atoms with E-state index < -0.39 is 32.8 Å². The third-order valence-corrected chi connectivity index (χ3v) is 10.7. The second-order valence-corrected chi connectivity index (χ2v) is 14.9. The van der Waals surface area contributed by atoms with E-state index in [2.05, 4.69) is 5.32 Å². The first-order valence-corrected chi connectivity index (χ1v) is 17.3. The lowest BCUT2D eigenvalue weighted by molar-refractivity contribution is -0.124. The van der Waals surface area contributed by atoms with Crippen molar-refractivity contribution in [3.05, 3.63) is 47.5 Å². The Morgan fingerprint density at radius 3 is 2.49 bits per heavy atom. The van der Waals surface area contributed by atoms with Gasteiger partial charge in [-0.2, -0.15) is 0 Å². The fourth-order valence-corrected chi connectivity index (χ4v) is 8.23. The molecule has 10 nitrogen and oxygen atoms in total. The molecule has 1 N–H and O–H groups in total. The average Bonchev–Trinajstić information content (AvgIpc) is 3.25. The molecule has 1 spiro atoms. The van der Waals surface area contributed by atoms with Crippen molar-refractivity contribution in [1.29, 1.82) is 0 Å². The van der Waals surface area contributed by atoms with Gasteiger partial charge in [-0.25, -0.2) is 12.7 Å². The standard InChI is InChI=1S/C34H46N2O8S/c1-6-43-26-8-9-28-27(22-26)34(16-11-25(12-17-34)44-20-15-23-13-18-42-19-14-23)32(38)36(28)45(39,40)30-10-7-24(21-29(30)41-5)31(37)35-33(2,3)4/h7-10,21-23,25H,6,11-20H2,1-5H3,(H,35,37)/i7D. The Hall–Kier alpha value is -3.15. The smallest absolute Gasteiger partial charge is 0.274 e. The number of hydrogen-bond acceptors (Lipinski definition) is 8. The number of ether oxygens (including phenoxy) is 4. The summed E-state index contributed by atoms with van der Waals surface area (Å²) < 4.78 is 61.2. The minimum atomic E-state index is -4.56. The van der Waals surface area contributed by atoms with E-state index in [-0.39, 0.29) is 34.0 Å². The van der Waals surface area contributed by atoms with Gasteiger partial charge in [0.1, 0.15) is 16.4 Å². The lowest BCUT2D eigenvalue weighted by atomic mass is 9.69. The molecule has 0 atom stereocenters. The number of rotatable bonds is 10. The van der Waals surface area contributed by atoms with Crippen LogP contribution in [0.2, 0.25) is 0 Å². The summed E-state index contributed by atoms with van der Waals surface area (Å²) in [6, 6.07) is 7.09. The third-order valence-electron chi connectivity index (χ3n) is 8.96. The Bertz CT molecular complexity index is 1560. The molecule has 2 amide bonds. The lowest BCUT2D eigenvalue weighted by Gasteiger charge is -2.36. The Labute approximate surface area is 268 Å². The number of fused-ring (bicyclic) bond motifs is 2. The van der Waals surface area contributed by atoms with Crippen LogP contribution in [0.1, 0.15) is 89.9 Å². The van der Waals surface area contributed by atoms with E-state index in [9.17, 15) is 18.0 Å². The van der Waals surface area contributed by atoms with Crippen LogP contribution in [0.3, 0.4) is 0 Å². The molecule has 2 heterocycles. The summed E-state index contributed by atoms with van der Waals surface area (Å²) in [7, 11) is -3.27. The highest BCUT2D eigenvalue weighted by molar-refractivity contribution is 7.93. The molecular weight excluding hydrogens is 596 g/mol. The molecule has 2 aromatic carbocycles. The topological polar surface area (TPSA) is 120 Å². The van der Waals surface area contributed by atoms with Gasteiger partial charge in [0.15, 0.2) is 0 Å². The minimum Gasteiger partial charge on any atom is -0.495 e. The van der Waals surface area contributed by atoms with Crippen LogP contribution in [0.25, 0.3) is 0 Å². The summed E-state index contributed by atoms with van der Waals surface area (Å²) in [6.45, 7) is 9.95. The first-order chi connectivity index (χ1) is 21.8. The van der Waals surface area contributed by atoms with Crippen molar-refractivity contribution in [2.75, 3.05) is 37.8 Å². The highest BCUT2D eigenvalue weighted by Gasteiger charge is 2.56. The second kappa shape index (κ2) is 13.3. The largest absolute Gasteiger partial charge is 0.495 e. The summed E-state index contributed by atoms with van der Waals surface area (Å²) in [6.07, 6.45) is 5.15. The molecule has 2 fully saturated rings. The first-order valence-electron chi connectivity index (χ1n) is 16.4. The molecule has 1 saturated carbocycles. The number of carbonyl (C=O) groups excluding carboxylic acids is 2. The summed E-state index contributed by atoms with van der Waals surface area (Å²) in [5, 5.41) is 2.79. The Balaban J connectivity index is 1.44. The van der Waals surface area contributed by atoms with Crippen LogP contribution >= 0.6 is 0 Å². The number of nitrogens with one attached hydrogen (secondary N) is 1. The maximum Gasteiger partial charge on any atom is 0.274 e. The fourth-order valence-electron chi connectivity index (χ4n) is 6.62. The van der Waals surface area contributed by atoms with Crippen LogP contribution in [0.15, 0.2) is 41.3 Å². The van der Waals surface area contributed by atoms with Gasteiger partial charge in [0.05, 0.1) is 32.3 Å². The Morgan fingerprint density at radius 2 is 1.84 bits per heavy atom. The molecule has 0 bridgehead atoms. The van der Waals surface area contributed by atoms with Crippen LogP contribution in [0.4, 0.5) is 5.69 Å². The molecular formula is C34H46N2O8S. The van der Waals surface area contributed by atoms with E-state index in [0.29, 0.717) is 56.1 Å². The number of sulfonamides is 1. The summed E-state index contributed by atoms with van der Waals surface area (Å²) in [5.41, 5.74) is -0.808. The molecule has 1 saturated heterocycles. The number of methoxy groups -OCH3 is 1. The Kier molecular flexibility index (Phi) is 9.40. The normalized spacial score (nSPS) is 22.7. The predicted molar refractivity (Wildman–Crippen MR) is 171 cm³/mol. The predicted octanol–water partition coefficient (Wildman–Crippen LogP) is 5.37. The van der Waals surface area contributed by atoms with Gasteiger partial charge in [0, 0.05) is 30.9 Å². The van der Waals surface area contributed by atoms with Crippen LogP contribution in [-0.2, 0) is 29.7 Å². The van der Waals surface area contributed by atoms with E-state index >= 15 is 0 Å². The highest BCUT2D eigenvalue weighted by Crippen LogP contribution is 2.53. The van der Waals surface area contributed by atoms with Gasteiger partial charge >= 0.3 is 0 Å². The van der Waals surface area contributed by atoms with Crippen molar-refractivity contribution in [3.8, 4) is 11.5 Å². The number of benzene rings is 2. The molecule has 45 heavy (non-hydrogen) atoms. The van der Waals surface area contributed by atoms with Crippen molar-refractivity contribution in [3.63, 3.8) is 0 Å². The zero-order chi connectivity index (χ0) is 33.3. The molecule has 11 heteroatoms. The number of anilines is 1. The molecule has 246 valence electrons. The van der Waals surface area contributed by atoms with Crippen molar-refractivity contribution in [2.45, 2.75) is 94.6 Å². The zero-order valence-electron chi connectivity index (χ0n) is 27.9. The molecule has 5 rings (SSSR count). The van der Waals surface area contributed by atoms with Crippen molar-refractivity contribution in [1.82, 2.24) is 5.32 Å². The van der Waals surface area contributed by atoms with Crippen molar-refractivity contribution in [2.24, 2.45) is 5.92 Å². The van der Waals surface area contributed by atoms with Gasteiger partial charge in [-0.15, -0.1) is 0 Å². The van der Waals surface area contributed by atoms with Crippen molar-refractivity contribution < 1.29 is 38.3 Å². The molecule has 0 unspecified atom stereocenters. The SMILES string of the molecule is [2H]c1cc(S(=O)(=O)N2C(=O)C3(CCC(OCCC4CCOCC4)CC3)c3cc(OCC)ccc32)c(OC)cc1C(=O)NC(C)(C)C. The molecule has 0 aromatic heterocycles. The summed E-state index contributed by atoms with van der Waals surface area (Å²) in [4.78, 5) is 27.0. The quantitative estimate of drug-likeness (QED) is 0.367. The highest BCUT2D eigenvalue weighted by atomic mass is 32.2. The molecule has 1 aliphatic carbocycles. The van der Waals surface area contributed by atoms with Crippen LogP contribution in [0.5, 0.6) is 11.5 Å². The van der Waals surface area contributed by atoms with E-state index in [1.165, 1.54) is 13.2 Å². The summed E-state index contributed by atoms with van der Waals surface area (Å²) in [5.74, 6) is -0.0389. The van der Waals surface area contributed by atoms with Gasteiger partial charge in [0.25, 0.3) is 21.8 Å². The fraction of sp³-hybridized carbons (Fsp3) is 0.588. The van der Waals surface area contributed by atoms with Gasteiger partial charge in [0.2, 0.25) is 0 Å². The van der Waals surface area contributed by atoms with E-state index in [4.69, 9.17) is 20.3 Å². The Morgan fingerprint density at radius 1 is 1.13 bits per heavy atom. The van der Waals surface area contributed by atoms with Gasteiger partial charge in [-0.1, -0.05) is 0 Å². The second-order valence-electron chi connectivity index (χ2n) is 13.2. The van der Waals surface area contributed by atoms with Gasteiger partial charge in [-0.3, -0.25) is 9.59 Å². The first kappa shape index (κ1) is 31.8. The van der Waals surface area contributed by atoms with E-state index in [0.717, 1.165) is 42.8 Å². The van der Waals surface area contributed by atoms with Gasteiger partial charge < -0.3 is 24.3 Å². The summed E-state index contributed by atoms with van der Waals surface area (Å²) >= 11 is 0. The average molecular weight is 644 g/mol. The lowest BCUT2D eigenvalue weighted by Crippen LogP contribution is -2.46. The number of amides is 2. The van der Waals surface area contributed by atoms with Crippen molar-refractivity contribution >= 4 is 27.5 Å². The molecule has 3 aliphatic rings. The van der Waals surface area contributed by atoms with Gasteiger partial charge in [-0.05, 0) is 120 Å². The number of nitrogens with zero attached hydrogens (tertiary/aromatic N) is 1. The number of carbonyl (C=O) groups is 2. The third kappa shape index (κ3) is 6.85. The molecule has 2 aromatic rings. The molecule has 2 aliphatic heterocycles. The van der Waals surface area contributed by atoms with Crippen LogP contribution in [0, 0.1) is 5.92 Å². The maximum atomic E-state index is 14.5. The zero-order valence-corrected chi connectivity index (χ0v) is 27.8. The van der Waals surface area contributed by atoms with Crippen LogP contribution in [-0.4, -0.2) is 65.4 Å². The molecule has 0 radical (unpaired) electrons.